The number of nitrogens with zero attached hydrogens (tertiary/aromatic N) is 4. The number of fused-ring (bicyclic) bond motifs is 1. The average molecular weight is 391 g/mol. The van der Waals surface area contributed by atoms with Gasteiger partial charge in [-0.05, 0) is 18.2 Å². The fraction of sp³-hybridized carbons (Fsp3) is 0.235. The Morgan fingerprint density at radius 2 is 2.08 bits per heavy atom. The van der Waals surface area contributed by atoms with E-state index in [1.54, 1.807) is 17.6 Å². The summed E-state index contributed by atoms with van der Waals surface area (Å²) < 4.78 is 35.3. The molecule has 0 aliphatic carbocycles. The van der Waals surface area contributed by atoms with Crippen molar-refractivity contribution in [2.45, 2.75) is 13.0 Å². The fourth-order valence-corrected chi connectivity index (χ4v) is 3.98. The Morgan fingerprint density at radius 3 is 2.85 bits per heavy atom. The van der Waals surface area contributed by atoms with Crippen molar-refractivity contribution in [2.24, 2.45) is 17.3 Å². The van der Waals surface area contributed by atoms with Crippen LogP contribution in [-0.4, -0.2) is 29.5 Å². The molecule has 1 aromatic carbocycles. The zero-order chi connectivity index (χ0) is 18.6. The van der Waals surface area contributed by atoms with Gasteiger partial charge in [0, 0.05) is 19.5 Å². The highest BCUT2D eigenvalue weighted by Gasteiger charge is 2.07. The molecule has 0 unspecified atom stereocenters. The molecule has 136 valence electrons. The van der Waals surface area contributed by atoms with Gasteiger partial charge in [-0.25, -0.2) is 4.57 Å². The smallest absolute Gasteiger partial charge is 0.265 e. The molecular weight excluding hydrogens is 372 g/mol. The molecule has 0 spiro atoms. The Balaban J connectivity index is 1.74. The van der Waals surface area contributed by atoms with Gasteiger partial charge in [-0.15, -0.1) is 5.10 Å². The lowest BCUT2D eigenvalue weighted by Gasteiger charge is -1.97. The highest BCUT2D eigenvalue weighted by Crippen LogP contribution is 2.15. The molecule has 0 atom stereocenters. The van der Waals surface area contributed by atoms with Crippen molar-refractivity contribution in [3.63, 3.8) is 0 Å². The number of benzene rings is 1. The largest absolute Gasteiger partial charge is 0.318 e. The molecule has 0 aliphatic heterocycles. The van der Waals surface area contributed by atoms with E-state index in [1.165, 1.54) is 0 Å². The Labute approximate surface area is 155 Å². The second-order valence-corrected chi connectivity index (χ2v) is 8.35. The first-order chi connectivity index (χ1) is 12.4. The van der Waals surface area contributed by atoms with Crippen molar-refractivity contribution in [2.75, 3.05) is 5.75 Å². The lowest BCUT2D eigenvalue weighted by molar-refractivity contribution is -0.696. The van der Waals surface area contributed by atoms with Crippen molar-refractivity contribution in [3.05, 3.63) is 59.2 Å². The summed E-state index contributed by atoms with van der Waals surface area (Å²) in [4.78, 5) is 0.805. The van der Waals surface area contributed by atoms with Crippen LogP contribution in [0.25, 0.3) is 10.2 Å². The van der Waals surface area contributed by atoms with E-state index < -0.39 is 10.1 Å². The SMILES string of the molecule is Cn1c(=NN=Cc2ccc[n+](CCCS(=O)(=O)O)c2)sc2ccccc21. The summed E-state index contributed by atoms with van der Waals surface area (Å²) in [6.45, 7) is 0.490. The van der Waals surface area contributed by atoms with Gasteiger partial charge in [0.05, 0.1) is 27.7 Å². The first kappa shape index (κ1) is 18.4. The maximum atomic E-state index is 10.8. The number of hydrogen-bond acceptors (Lipinski definition) is 5. The third-order valence-corrected chi connectivity index (χ3v) is 5.67. The minimum atomic E-state index is -3.92. The van der Waals surface area contributed by atoms with Crippen molar-refractivity contribution < 1.29 is 17.5 Å². The molecule has 0 saturated heterocycles. The number of hydrogen-bond donors (Lipinski definition) is 1. The molecule has 2 aromatic heterocycles. The maximum absolute atomic E-state index is 10.8. The molecule has 0 fully saturated rings. The maximum Gasteiger partial charge on any atom is 0.265 e. The molecule has 9 heteroatoms. The Hall–Kier alpha value is -2.36. The van der Waals surface area contributed by atoms with Gasteiger partial charge in [-0.2, -0.15) is 13.5 Å². The van der Waals surface area contributed by atoms with E-state index in [0.717, 1.165) is 20.6 Å². The van der Waals surface area contributed by atoms with Gasteiger partial charge in [-0.3, -0.25) is 4.55 Å². The topological polar surface area (TPSA) is 87.9 Å². The summed E-state index contributed by atoms with van der Waals surface area (Å²) in [6.07, 6.45) is 5.69. The van der Waals surface area contributed by atoms with Crippen LogP contribution in [0.5, 0.6) is 0 Å². The first-order valence-corrected chi connectivity index (χ1v) is 10.4. The van der Waals surface area contributed by atoms with Crippen LogP contribution in [0, 0.1) is 0 Å². The highest BCUT2D eigenvalue weighted by molar-refractivity contribution is 7.85. The van der Waals surface area contributed by atoms with Gasteiger partial charge in [0.2, 0.25) is 4.80 Å². The monoisotopic (exact) mass is 391 g/mol. The van der Waals surface area contributed by atoms with Crippen LogP contribution in [0.4, 0.5) is 0 Å². The molecule has 0 aliphatic rings. The molecular formula is C17H19N4O3S2+. The van der Waals surface area contributed by atoms with Gasteiger partial charge in [0.25, 0.3) is 10.1 Å². The second kappa shape index (κ2) is 7.90. The van der Waals surface area contributed by atoms with Crippen molar-refractivity contribution >= 4 is 37.9 Å². The number of aryl methyl sites for hydroxylation is 2. The van der Waals surface area contributed by atoms with Gasteiger partial charge in [0.1, 0.15) is 6.54 Å². The number of para-hydroxylation sites is 1. The van der Waals surface area contributed by atoms with Crippen molar-refractivity contribution in [1.82, 2.24) is 4.57 Å². The summed E-state index contributed by atoms with van der Waals surface area (Å²) in [5.41, 5.74) is 1.97. The van der Waals surface area contributed by atoms with E-state index in [-0.39, 0.29) is 5.75 Å². The highest BCUT2D eigenvalue weighted by atomic mass is 32.2. The lowest BCUT2D eigenvalue weighted by Crippen LogP contribution is -2.34. The first-order valence-electron chi connectivity index (χ1n) is 7.98. The van der Waals surface area contributed by atoms with E-state index in [0.29, 0.717) is 13.0 Å². The van der Waals surface area contributed by atoms with Crippen LogP contribution in [0.3, 0.4) is 0 Å². The van der Waals surface area contributed by atoms with Crippen molar-refractivity contribution in [3.8, 4) is 0 Å². The zero-order valence-corrected chi connectivity index (χ0v) is 15.8. The molecule has 1 N–H and O–H groups in total. The summed E-state index contributed by atoms with van der Waals surface area (Å²) >= 11 is 1.57. The van der Waals surface area contributed by atoms with E-state index >= 15 is 0 Å². The minimum absolute atomic E-state index is 0.254. The van der Waals surface area contributed by atoms with E-state index in [4.69, 9.17) is 4.55 Å². The number of rotatable bonds is 6. The van der Waals surface area contributed by atoms with Gasteiger partial charge < -0.3 is 4.57 Å². The van der Waals surface area contributed by atoms with Gasteiger partial charge in [0.15, 0.2) is 12.4 Å². The molecule has 0 bridgehead atoms. The number of thiazole rings is 1. The Kier molecular flexibility index (Phi) is 5.60. The summed E-state index contributed by atoms with van der Waals surface area (Å²) in [6, 6.07) is 11.8. The third kappa shape index (κ3) is 4.84. The zero-order valence-electron chi connectivity index (χ0n) is 14.2. The Morgan fingerprint density at radius 1 is 1.27 bits per heavy atom. The average Bonchev–Trinajstić information content (AvgIpc) is 2.91. The van der Waals surface area contributed by atoms with Crippen LogP contribution in [0.15, 0.2) is 59.0 Å². The van der Waals surface area contributed by atoms with Crippen LogP contribution < -0.4 is 9.37 Å². The van der Waals surface area contributed by atoms with Gasteiger partial charge >= 0.3 is 0 Å². The van der Waals surface area contributed by atoms with Gasteiger partial charge in [-0.1, -0.05) is 23.5 Å². The predicted molar refractivity (Wildman–Crippen MR) is 102 cm³/mol. The molecule has 2 heterocycles. The molecule has 0 saturated carbocycles. The molecule has 0 radical (unpaired) electrons. The minimum Gasteiger partial charge on any atom is -0.318 e. The quantitative estimate of drug-likeness (QED) is 0.300. The predicted octanol–water partition coefficient (Wildman–Crippen LogP) is 1.74. The Bertz CT molecular complexity index is 1110. The fourth-order valence-electron chi connectivity index (χ4n) is 2.51. The standard InChI is InChI=1S/C17H18N4O3S2/c1-20-15-7-2-3-8-16(15)25-17(20)19-18-12-14-6-4-9-21(13-14)10-5-11-26(22,23)24/h2-4,6-9,12-13H,5,10-11H2,1H3/p+1. The van der Waals surface area contributed by atoms with Crippen LogP contribution >= 0.6 is 11.3 Å². The summed E-state index contributed by atoms with van der Waals surface area (Å²) in [5, 5.41) is 8.46. The second-order valence-electron chi connectivity index (χ2n) is 5.77. The molecule has 3 rings (SSSR count). The molecule has 7 nitrogen and oxygen atoms in total. The third-order valence-electron chi connectivity index (χ3n) is 3.76. The molecule has 0 amide bonds. The van der Waals surface area contributed by atoms with E-state index in [9.17, 15) is 8.42 Å². The van der Waals surface area contributed by atoms with E-state index in [1.807, 2.05) is 58.9 Å². The molecule has 3 aromatic rings. The van der Waals surface area contributed by atoms with Crippen LogP contribution in [-0.2, 0) is 23.7 Å². The van der Waals surface area contributed by atoms with Crippen LogP contribution in [0.1, 0.15) is 12.0 Å². The lowest BCUT2D eigenvalue weighted by atomic mass is 10.3. The number of pyridine rings is 1. The van der Waals surface area contributed by atoms with Crippen LogP contribution in [0.2, 0.25) is 0 Å². The van der Waals surface area contributed by atoms with E-state index in [2.05, 4.69) is 16.3 Å². The number of aromatic nitrogens is 2. The molecule has 26 heavy (non-hydrogen) atoms. The summed E-state index contributed by atoms with van der Waals surface area (Å²) in [7, 11) is -1.96. The normalized spacial score (nSPS) is 13.1. The summed E-state index contributed by atoms with van der Waals surface area (Å²) in [5.74, 6) is -0.254. The van der Waals surface area contributed by atoms with Crippen molar-refractivity contribution in [1.29, 1.82) is 0 Å².